The Labute approximate surface area is 164 Å². The lowest BCUT2D eigenvalue weighted by Crippen LogP contribution is -2.06. The zero-order chi connectivity index (χ0) is 20.5. The van der Waals surface area contributed by atoms with Gasteiger partial charge in [0.05, 0.1) is 21.6 Å². The summed E-state index contributed by atoms with van der Waals surface area (Å²) in [5.74, 6) is 0.639. The third-order valence-electron chi connectivity index (χ3n) is 4.41. The molecule has 0 aliphatic carbocycles. The van der Waals surface area contributed by atoms with E-state index in [1.165, 1.54) is 6.07 Å². The second-order valence-electron chi connectivity index (χ2n) is 6.46. The summed E-state index contributed by atoms with van der Waals surface area (Å²) in [6, 6.07) is 9.65. The summed E-state index contributed by atoms with van der Waals surface area (Å²) in [7, 11) is 0. The van der Waals surface area contributed by atoms with Crippen LogP contribution in [0.2, 0.25) is 5.02 Å². The molecule has 146 valence electrons. The number of azide groups is 1. The molecule has 0 aliphatic rings. The van der Waals surface area contributed by atoms with Crippen LogP contribution in [0.25, 0.3) is 27.2 Å². The number of rotatable bonds is 5. The average molecular weight is 408 g/mol. The van der Waals surface area contributed by atoms with E-state index in [1.807, 2.05) is 42.7 Å². The van der Waals surface area contributed by atoms with Crippen molar-refractivity contribution in [3.8, 4) is 5.69 Å². The number of halogens is 4. The van der Waals surface area contributed by atoms with E-state index in [1.54, 1.807) is 0 Å². The van der Waals surface area contributed by atoms with Crippen LogP contribution in [-0.2, 0) is 19.0 Å². The zero-order valence-electron chi connectivity index (χ0n) is 15.2. The molecule has 0 spiro atoms. The van der Waals surface area contributed by atoms with Gasteiger partial charge < -0.3 is 0 Å². The largest absolute Gasteiger partial charge is 0.417 e. The summed E-state index contributed by atoms with van der Waals surface area (Å²) >= 11 is 5.91. The minimum Gasteiger partial charge on any atom is -0.296 e. The van der Waals surface area contributed by atoms with Gasteiger partial charge in [-0.15, -0.1) is 0 Å². The number of nitrogens with zero attached hydrogens (tertiary/aromatic N) is 5. The lowest BCUT2D eigenvalue weighted by molar-refractivity contribution is -0.137. The van der Waals surface area contributed by atoms with Crippen molar-refractivity contribution >= 4 is 22.6 Å². The number of hydrogen-bond donors (Lipinski definition) is 0. The van der Waals surface area contributed by atoms with Crippen LogP contribution in [0.4, 0.5) is 13.2 Å². The molecule has 0 aliphatic heterocycles. The fourth-order valence-electron chi connectivity index (χ4n) is 3.14. The number of fused-ring (bicyclic) bond motifs is 1. The lowest BCUT2D eigenvalue weighted by Gasteiger charge is -2.12. The van der Waals surface area contributed by atoms with Gasteiger partial charge in [0.1, 0.15) is 5.82 Å². The van der Waals surface area contributed by atoms with Crippen molar-refractivity contribution in [3.63, 3.8) is 0 Å². The van der Waals surface area contributed by atoms with Gasteiger partial charge in [0, 0.05) is 23.1 Å². The second kappa shape index (κ2) is 7.73. The van der Waals surface area contributed by atoms with E-state index in [0.717, 1.165) is 17.3 Å². The predicted molar refractivity (Wildman–Crippen MR) is 103 cm³/mol. The Morgan fingerprint density at radius 2 is 1.93 bits per heavy atom. The molecule has 9 heteroatoms. The highest BCUT2D eigenvalue weighted by molar-refractivity contribution is 6.32. The normalized spacial score (nSPS) is 12.8. The highest BCUT2D eigenvalue weighted by Crippen LogP contribution is 2.37. The van der Waals surface area contributed by atoms with Gasteiger partial charge in [-0.05, 0) is 41.8 Å². The van der Waals surface area contributed by atoms with Crippen molar-refractivity contribution in [1.82, 2.24) is 9.55 Å². The van der Waals surface area contributed by atoms with Gasteiger partial charge in [-0.2, -0.15) is 13.2 Å². The fraction of sp³-hybridized carbons (Fsp3) is 0.316. The molecule has 0 bridgehead atoms. The van der Waals surface area contributed by atoms with E-state index in [-0.39, 0.29) is 16.6 Å². The fourth-order valence-corrected chi connectivity index (χ4v) is 3.41. The van der Waals surface area contributed by atoms with Gasteiger partial charge in [0.15, 0.2) is 0 Å². The molecule has 5 nitrogen and oxygen atoms in total. The van der Waals surface area contributed by atoms with Gasteiger partial charge in [-0.3, -0.25) is 4.57 Å². The number of aromatic nitrogens is 2. The summed E-state index contributed by atoms with van der Waals surface area (Å²) in [6.07, 6.45) is -3.40. The van der Waals surface area contributed by atoms with Crippen LogP contribution in [0.5, 0.6) is 0 Å². The van der Waals surface area contributed by atoms with E-state index in [0.29, 0.717) is 24.2 Å². The maximum Gasteiger partial charge on any atom is 0.417 e. The Hall–Kier alpha value is -2.70. The standard InChI is InChI=1S/C19H17ClF3N5/c1-3-18-25-16-9-14(19(21,22)23)15(20)10-17(16)28(18)13-6-4-12(5-7-13)8-11(2)26-27-24/h4-7,9-11H,3,8H2,1-2H3. The van der Waals surface area contributed by atoms with Crippen molar-refractivity contribution in [2.75, 3.05) is 0 Å². The van der Waals surface area contributed by atoms with E-state index in [9.17, 15) is 13.2 Å². The summed E-state index contributed by atoms with van der Waals surface area (Å²) in [5.41, 5.74) is 10.1. The molecule has 1 atom stereocenters. The lowest BCUT2D eigenvalue weighted by atomic mass is 10.1. The first-order valence-corrected chi connectivity index (χ1v) is 9.04. The third kappa shape index (κ3) is 3.93. The van der Waals surface area contributed by atoms with Gasteiger partial charge >= 0.3 is 6.18 Å². The zero-order valence-corrected chi connectivity index (χ0v) is 16.0. The van der Waals surface area contributed by atoms with Crippen LogP contribution in [0, 0.1) is 0 Å². The average Bonchev–Trinajstić information content (AvgIpc) is 2.98. The summed E-state index contributed by atoms with van der Waals surface area (Å²) in [4.78, 5) is 7.17. The summed E-state index contributed by atoms with van der Waals surface area (Å²) in [6.45, 7) is 3.71. The van der Waals surface area contributed by atoms with E-state index in [4.69, 9.17) is 17.1 Å². The van der Waals surface area contributed by atoms with Gasteiger partial charge in [-0.1, -0.05) is 42.7 Å². The molecule has 1 unspecified atom stereocenters. The third-order valence-corrected chi connectivity index (χ3v) is 4.72. The first-order chi connectivity index (χ1) is 13.2. The number of alkyl halides is 3. The molecule has 28 heavy (non-hydrogen) atoms. The number of aryl methyl sites for hydroxylation is 1. The number of benzene rings is 2. The molecule has 0 N–H and O–H groups in total. The minimum absolute atomic E-state index is 0.171. The van der Waals surface area contributed by atoms with E-state index < -0.39 is 11.7 Å². The van der Waals surface area contributed by atoms with Gasteiger partial charge in [0.2, 0.25) is 0 Å². The maximum absolute atomic E-state index is 13.1. The minimum atomic E-state index is -4.54. The van der Waals surface area contributed by atoms with Crippen molar-refractivity contribution in [3.05, 3.63) is 68.8 Å². The van der Waals surface area contributed by atoms with E-state index in [2.05, 4.69) is 15.0 Å². The Kier molecular flexibility index (Phi) is 5.54. The van der Waals surface area contributed by atoms with Crippen LogP contribution < -0.4 is 0 Å². The van der Waals surface area contributed by atoms with E-state index >= 15 is 0 Å². The highest BCUT2D eigenvalue weighted by atomic mass is 35.5. The Morgan fingerprint density at radius 1 is 1.25 bits per heavy atom. The van der Waals surface area contributed by atoms with Crippen LogP contribution in [-0.4, -0.2) is 15.6 Å². The Morgan fingerprint density at radius 3 is 2.50 bits per heavy atom. The molecule has 0 fully saturated rings. The summed E-state index contributed by atoms with van der Waals surface area (Å²) in [5, 5.41) is 3.30. The molecule has 2 aromatic carbocycles. The van der Waals surface area contributed by atoms with Crippen LogP contribution in [0.3, 0.4) is 0 Å². The predicted octanol–water partition coefficient (Wildman–Crippen LogP) is 6.50. The molecular formula is C19H17ClF3N5. The molecule has 0 saturated heterocycles. The van der Waals surface area contributed by atoms with Crippen molar-refractivity contribution < 1.29 is 13.2 Å². The number of hydrogen-bond acceptors (Lipinski definition) is 2. The van der Waals surface area contributed by atoms with Crippen LogP contribution in [0.15, 0.2) is 41.5 Å². The van der Waals surface area contributed by atoms with Crippen molar-refractivity contribution in [2.24, 2.45) is 5.11 Å². The molecule has 0 saturated carbocycles. The molecule has 3 rings (SSSR count). The molecule has 1 aromatic heterocycles. The van der Waals surface area contributed by atoms with Gasteiger partial charge in [0.25, 0.3) is 0 Å². The van der Waals surface area contributed by atoms with Crippen LogP contribution >= 0.6 is 11.6 Å². The number of imidazole rings is 1. The topological polar surface area (TPSA) is 66.6 Å². The SMILES string of the molecule is CCc1nc2cc(C(F)(F)F)c(Cl)cc2n1-c1ccc(CC(C)N=[N+]=[N-])cc1. The first kappa shape index (κ1) is 20.0. The first-order valence-electron chi connectivity index (χ1n) is 8.66. The highest BCUT2D eigenvalue weighted by Gasteiger charge is 2.34. The second-order valence-corrected chi connectivity index (χ2v) is 6.87. The smallest absolute Gasteiger partial charge is 0.296 e. The van der Waals surface area contributed by atoms with Gasteiger partial charge in [-0.25, -0.2) is 4.98 Å². The maximum atomic E-state index is 13.1. The molecule has 0 amide bonds. The molecule has 1 heterocycles. The Balaban J connectivity index is 2.07. The summed E-state index contributed by atoms with van der Waals surface area (Å²) < 4.78 is 41.2. The quantitative estimate of drug-likeness (QED) is 0.270. The molecule has 0 radical (unpaired) electrons. The molecular weight excluding hydrogens is 391 g/mol. The monoisotopic (exact) mass is 407 g/mol. The van der Waals surface area contributed by atoms with Crippen molar-refractivity contribution in [1.29, 1.82) is 0 Å². The Bertz CT molecular complexity index is 1050. The van der Waals surface area contributed by atoms with Crippen molar-refractivity contribution in [2.45, 2.75) is 38.9 Å². The molecule has 3 aromatic rings. The van der Waals surface area contributed by atoms with Crippen LogP contribution in [0.1, 0.15) is 30.8 Å².